The highest BCUT2D eigenvalue weighted by atomic mass is 16.5. The number of nitrogens with one attached hydrogen (secondary N) is 1. The van der Waals surface area contributed by atoms with Crippen molar-refractivity contribution in [2.24, 2.45) is 4.99 Å². The topological polar surface area (TPSA) is 52.6 Å². The van der Waals surface area contributed by atoms with Gasteiger partial charge in [0.15, 0.2) is 5.96 Å². The van der Waals surface area contributed by atoms with Crippen molar-refractivity contribution in [2.75, 3.05) is 65.6 Å². The van der Waals surface area contributed by atoms with Gasteiger partial charge in [-0.3, -0.25) is 4.90 Å². The average Bonchev–Trinajstić information content (AvgIpc) is 3.38. The van der Waals surface area contributed by atoms with Crippen LogP contribution in [0, 0.1) is 0 Å². The number of rotatable bonds is 7. The van der Waals surface area contributed by atoms with Crippen LogP contribution in [0.25, 0.3) is 0 Å². The van der Waals surface area contributed by atoms with E-state index in [4.69, 9.17) is 14.5 Å². The molecule has 1 aromatic carbocycles. The summed E-state index contributed by atoms with van der Waals surface area (Å²) in [5.74, 6) is 0.983. The van der Waals surface area contributed by atoms with Crippen molar-refractivity contribution in [1.82, 2.24) is 20.0 Å². The van der Waals surface area contributed by atoms with E-state index in [0.717, 1.165) is 64.7 Å². The summed E-state index contributed by atoms with van der Waals surface area (Å²) in [6, 6.07) is 9.01. The van der Waals surface area contributed by atoms with Crippen molar-refractivity contribution >= 4 is 5.96 Å². The van der Waals surface area contributed by atoms with E-state index in [2.05, 4.69) is 58.1 Å². The number of morpholine rings is 1. The Bertz CT molecular complexity index is 712. The van der Waals surface area contributed by atoms with Crippen LogP contribution in [-0.2, 0) is 22.6 Å². The zero-order chi connectivity index (χ0) is 22.2. The van der Waals surface area contributed by atoms with Crippen LogP contribution in [0.5, 0.6) is 0 Å². The number of guanidine groups is 1. The number of nitrogens with zero attached hydrogens (tertiary/aromatic N) is 4. The molecular weight excluding hydrogens is 402 g/mol. The third-order valence-corrected chi connectivity index (χ3v) is 6.86. The Morgan fingerprint density at radius 2 is 1.66 bits per heavy atom. The van der Waals surface area contributed by atoms with Crippen LogP contribution >= 0.6 is 0 Å². The fourth-order valence-electron chi connectivity index (χ4n) is 4.85. The maximum Gasteiger partial charge on any atom is 0.194 e. The summed E-state index contributed by atoms with van der Waals surface area (Å²) in [7, 11) is 0. The molecule has 7 nitrogen and oxygen atoms in total. The van der Waals surface area contributed by atoms with E-state index in [1.807, 2.05) is 0 Å². The molecule has 3 fully saturated rings. The molecule has 2 atom stereocenters. The highest BCUT2D eigenvalue weighted by Crippen LogP contribution is 2.21. The number of aliphatic imine (C=N–C) groups is 1. The minimum absolute atomic E-state index is 0.147. The molecule has 0 bridgehead atoms. The Balaban J connectivity index is 1.30. The molecule has 0 amide bonds. The Hall–Kier alpha value is -1.67. The Labute approximate surface area is 193 Å². The number of hydrogen-bond donors (Lipinski definition) is 1. The lowest BCUT2D eigenvalue weighted by Crippen LogP contribution is -2.53. The standard InChI is InChI=1S/C25H41N5O2/c1-3-26-25(30-15-17-32-24(20-30)23-6-5-16-31-23)27-18-21-7-9-22(10-8-21)19-29-13-11-28(4-2)12-14-29/h7-10,23-24H,3-6,11-20H2,1-2H3,(H,26,27). The van der Waals surface area contributed by atoms with Crippen molar-refractivity contribution < 1.29 is 9.47 Å². The molecule has 0 saturated carbocycles. The van der Waals surface area contributed by atoms with Gasteiger partial charge in [0.1, 0.15) is 6.10 Å². The molecule has 3 heterocycles. The third-order valence-electron chi connectivity index (χ3n) is 6.86. The number of likely N-dealkylation sites (N-methyl/N-ethyl adjacent to an activating group) is 1. The average molecular weight is 444 g/mol. The fourth-order valence-corrected chi connectivity index (χ4v) is 4.85. The Kier molecular flexibility index (Phi) is 8.79. The van der Waals surface area contributed by atoms with Crippen LogP contribution in [0.2, 0.25) is 0 Å². The minimum atomic E-state index is 0.147. The molecule has 32 heavy (non-hydrogen) atoms. The molecule has 2 unspecified atom stereocenters. The van der Waals surface area contributed by atoms with Gasteiger partial charge < -0.3 is 24.6 Å². The molecule has 1 aromatic rings. The van der Waals surface area contributed by atoms with Crippen LogP contribution in [0.3, 0.4) is 0 Å². The van der Waals surface area contributed by atoms with Gasteiger partial charge in [0, 0.05) is 59.0 Å². The van der Waals surface area contributed by atoms with Gasteiger partial charge in [0.25, 0.3) is 0 Å². The fraction of sp³-hybridized carbons (Fsp3) is 0.720. The van der Waals surface area contributed by atoms with E-state index in [1.165, 1.54) is 37.3 Å². The summed E-state index contributed by atoms with van der Waals surface area (Å²) in [6.07, 6.45) is 2.63. The van der Waals surface area contributed by atoms with E-state index in [-0.39, 0.29) is 12.2 Å². The highest BCUT2D eigenvalue weighted by Gasteiger charge is 2.32. The summed E-state index contributed by atoms with van der Waals surface area (Å²) in [4.78, 5) is 12.4. The Morgan fingerprint density at radius 3 is 2.34 bits per heavy atom. The van der Waals surface area contributed by atoms with Crippen molar-refractivity contribution in [3.8, 4) is 0 Å². The number of piperazine rings is 1. The molecule has 3 aliphatic rings. The summed E-state index contributed by atoms with van der Waals surface area (Å²) in [5, 5.41) is 3.48. The van der Waals surface area contributed by atoms with Gasteiger partial charge >= 0.3 is 0 Å². The molecule has 4 rings (SSSR count). The SMILES string of the molecule is CCNC(=NCc1ccc(CN2CCN(CC)CC2)cc1)N1CCOC(C2CCCO2)C1. The van der Waals surface area contributed by atoms with Crippen LogP contribution < -0.4 is 5.32 Å². The first-order chi connectivity index (χ1) is 15.7. The number of hydrogen-bond acceptors (Lipinski definition) is 5. The Morgan fingerprint density at radius 1 is 0.938 bits per heavy atom. The van der Waals surface area contributed by atoms with Crippen molar-refractivity contribution in [2.45, 2.75) is 52.0 Å². The smallest absolute Gasteiger partial charge is 0.194 e. The van der Waals surface area contributed by atoms with Gasteiger partial charge in [-0.05, 0) is 37.4 Å². The van der Waals surface area contributed by atoms with Crippen LogP contribution in [0.4, 0.5) is 0 Å². The quantitative estimate of drug-likeness (QED) is 0.515. The van der Waals surface area contributed by atoms with Crippen molar-refractivity contribution in [3.05, 3.63) is 35.4 Å². The van der Waals surface area contributed by atoms with Gasteiger partial charge in [0.05, 0.1) is 19.3 Å². The van der Waals surface area contributed by atoms with Gasteiger partial charge in [-0.2, -0.15) is 0 Å². The summed E-state index contributed by atoms with van der Waals surface area (Å²) < 4.78 is 11.9. The lowest BCUT2D eigenvalue weighted by Gasteiger charge is -2.37. The molecular formula is C25H41N5O2. The zero-order valence-corrected chi connectivity index (χ0v) is 20.0. The molecule has 0 aromatic heterocycles. The largest absolute Gasteiger partial charge is 0.375 e. The van der Waals surface area contributed by atoms with E-state index in [9.17, 15) is 0 Å². The van der Waals surface area contributed by atoms with Crippen LogP contribution in [0.1, 0.15) is 37.8 Å². The van der Waals surface area contributed by atoms with E-state index in [0.29, 0.717) is 6.54 Å². The van der Waals surface area contributed by atoms with E-state index < -0.39 is 0 Å². The van der Waals surface area contributed by atoms with E-state index in [1.54, 1.807) is 0 Å². The number of benzene rings is 1. The molecule has 178 valence electrons. The van der Waals surface area contributed by atoms with Crippen LogP contribution in [-0.4, -0.2) is 98.4 Å². The van der Waals surface area contributed by atoms with Gasteiger partial charge in [-0.25, -0.2) is 4.99 Å². The van der Waals surface area contributed by atoms with Gasteiger partial charge in [-0.15, -0.1) is 0 Å². The first-order valence-corrected chi connectivity index (χ1v) is 12.5. The molecule has 0 aliphatic carbocycles. The second kappa shape index (κ2) is 12.0. The minimum Gasteiger partial charge on any atom is -0.375 e. The maximum atomic E-state index is 6.01. The molecule has 3 saturated heterocycles. The lowest BCUT2D eigenvalue weighted by atomic mass is 10.1. The molecule has 1 N–H and O–H groups in total. The van der Waals surface area contributed by atoms with Gasteiger partial charge in [0.2, 0.25) is 0 Å². The second-order valence-electron chi connectivity index (χ2n) is 9.10. The van der Waals surface area contributed by atoms with Crippen molar-refractivity contribution in [3.63, 3.8) is 0 Å². The first kappa shape index (κ1) is 23.5. The molecule has 3 aliphatic heterocycles. The maximum absolute atomic E-state index is 6.01. The predicted octanol–water partition coefficient (Wildman–Crippen LogP) is 2.17. The predicted molar refractivity (Wildman–Crippen MR) is 129 cm³/mol. The summed E-state index contributed by atoms with van der Waals surface area (Å²) >= 11 is 0. The van der Waals surface area contributed by atoms with Crippen LogP contribution in [0.15, 0.2) is 29.3 Å². The van der Waals surface area contributed by atoms with Gasteiger partial charge in [-0.1, -0.05) is 31.2 Å². The molecule has 0 radical (unpaired) electrons. The lowest BCUT2D eigenvalue weighted by molar-refractivity contribution is -0.0817. The normalized spacial score (nSPS) is 25.9. The monoisotopic (exact) mass is 443 g/mol. The zero-order valence-electron chi connectivity index (χ0n) is 20.0. The molecule has 0 spiro atoms. The third kappa shape index (κ3) is 6.44. The van der Waals surface area contributed by atoms with E-state index >= 15 is 0 Å². The summed E-state index contributed by atoms with van der Waals surface area (Å²) in [5.41, 5.74) is 2.64. The van der Waals surface area contributed by atoms with Crippen molar-refractivity contribution in [1.29, 1.82) is 0 Å². The summed E-state index contributed by atoms with van der Waals surface area (Å²) in [6.45, 7) is 16.2. The first-order valence-electron chi connectivity index (χ1n) is 12.5. The second-order valence-corrected chi connectivity index (χ2v) is 9.10. The number of ether oxygens (including phenoxy) is 2. The highest BCUT2D eigenvalue weighted by molar-refractivity contribution is 5.80. The molecule has 7 heteroatoms.